The predicted molar refractivity (Wildman–Crippen MR) is 81.2 cm³/mol. The third-order valence-electron chi connectivity index (χ3n) is 2.36. The van der Waals surface area contributed by atoms with E-state index >= 15 is 0 Å². The first kappa shape index (κ1) is 14.5. The predicted octanol–water partition coefficient (Wildman–Crippen LogP) is 5.26. The molecule has 0 saturated carbocycles. The Bertz CT molecular complexity index is 649. The molecule has 0 aliphatic carbocycles. The average molecular weight is 407 g/mol. The molecule has 0 bridgehead atoms. The van der Waals surface area contributed by atoms with Crippen LogP contribution in [-0.2, 0) is 0 Å². The Morgan fingerprint density at radius 1 is 1.11 bits per heavy atom. The van der Waals surface area contributed by atoms with Crippen molar-refractivity contribution in [2.45, 2.75) is 0 Å². The lowest BCUT2D eigenvalue weighted by Crippen LogP contribution is -2.12. The summed E-state index contributed by atoms with van der Waals surface area (Å²) in [6, 6.07) is 9.10. The van der Waals surface area contributed by atoms with Crippen LogP contribution in [0, 0.1) is 5.82 Å². The molecular formula is C13H7Br2ClFNO. The van der Waals surface area contributed by atoms with Crippen molar-refractivity contribution < 1.29 is 9.18 Å². The van der Waals surface area contributed by atoms with Gasteiger partial charge in [0.2, 0.25) is 0 Å². The Hall–Kier alpha value is -0.910. The summed E-state index contributed by atoms with van der Waals surface area (Å²) < 4.78 is 14.0. The Kier molecular flexibility index (Phi) is 4.60. The fraction of sp³-hybridized carbons (Fsp3) is 0. The Morgan fingerprint density at radius 3 is 2.47 bits per heavy atom. The van der Waals surface area contributed by atoms with Crippen LogP contribution in [0.25, 0.3) is 0 Å². The van der Waals surface area contributed by atoms with E-state index in [-0.39, 0.29) is 10.4 Å². The summed E-state index contributed by atoms with van der Waals surface area (Å²) in [6.45, 7) is 0. The van der Waals surface area contributed by atoms with E-state index in [1.54, 1.807) is 18.2 Å². The van der Waals surface area contributed by atoms with Crippen molar-refractivity contribution in [1.82, 2.24) is 0 Å². The van der Waals surface area contributed by atoms with E-state index in [1.165, 1.54) is 18.2 Å². The van der Waals surface area contributed by atoms with Crippen molar-refractivity contribution in [2.75, 3.05) is 5.32 Å². The van der Waals surface area contributed by atoms with E-state index < -0.39 is 5.82 Å². The van der Waals surface area contributed by atoms with Crippen LogP contribution < -0.4 is 5.32 Å². The number of halogens is 4. The van der Waals surface area contributed by atoms with Crippen molar-refractivity contribution in [3.8, 4) is 0 Å². The number of anilines is 1. The SMILES string of the molecule is O=C(Nc1ccc(Cl)cc1Br)c1ccc(F)c(Br)c1. The highest BCUT2D eigenvalue weighted by Crippen LogP contribution is 2.26. The third kappa shape index (κ3) is 3.55. The minimum absolute atomic E-state index is 0.246. The molecule has 0 heterocycles. The molecule has 98 valence electrons. The monoisotopic (exact) mass is 405 g/mol. The zero-order chi connectivity index (χ0) is 14.0. The molecule has 0 atom stereocenters. The second kappa shape index (κ2) is 6.03. The third-order valence-corrected chi connectivity index (χ3v) is 3.86. The van der Waals surface area contributed by atoms with E-state index in [4.69, 9.17) is 11.6 Å². The molecule has 0 aliphatic rings. The van der Waals surface area contributed by atoms with E-state index in [9.17, 15) is 9.18 Å². The lowest BCUT2D eigenvalue weighted by atomic mass is 10.2. The van der Waals surface area contributed by atoms with Crippen LogP contribution in [0.5, 0.6) is 0 Å². The van der Waals surface area contributed by atoms with Crippen LogP contribution in [0.3, 0.4) is 0 Å². The summed E-state index contributed by atoms with van der Waals surface area (Å²) >= 11 is 12.2. The van der Waals surface area contributed by atoms with Crippen LogP contribution in [-0.4, -0.2) is 5.91 Å². The van der Waals surface area contributed by atoms with Gasteiger partial charge >= 0.3 is 0 Å². The summed E-state index contributed by atoms with van der Waals surface area (Å²) in [5.41, 5.74) is 0.949. The fourth-order valence-corrected chi connectivity index (χ4v) is 2.58. The van der Waals surface area contributed by atoms with E-state index in [2.05, 4.69) is 37.2 Å². The number of carbonyl (C=O) groups excluding carboxylic acids is 1. The van der Waals surface area contributed by atoms with E-state index in [0.717, 1.165) is 0 Å². The van der Waals surface area contributed by atoms with Crippen LogP contribution >= 0.6 is 43.5 Å². The number of hydrogen-bond donors (Lipinski definition) is 1. The minimum atomic E-state index is -0.413. The zero-order valence-electron chi connectivity index (χ0n) is 9.38. The quantitative estimate of drug-likeness (QED) is 0.723. The smallest absolute Gasteiger partial charge is 0.255 e. The van der Waals surface area contributed by atoms with Gasteiger partial charge in [0.1, 0.15) is 5.82 Å². The van der Waals surface area contributed by atoms with Crippen molar-refractivity contribution in [2.24, 2.45) is 0 Å². The lowest BCUT2D eigenvalue weighted by molar-refractivity contribution is 0.102. The molecule has 2 rings (SSSR count). The van der Waals surface area contributed by atoms with Gasteiger partial charge in [0, 0.05) is 15.1 Å². The molecule has 0 unspecified atom stereocenters. The lowest BCUT2D eigenvalue weighted by Gasteiger charge is -2.08. The Morgan fingerprint density at radius 2 is 1.84 bits per heavy atom. The van der Waals surface area contributed by atoms with Crippen molar-refractivity contribution in [1.29, 1.82) is 0 Å². The molecule has 0 saturated heterocycles. The number of carbonyl (C=O) groups is 1. The molecule has 0 spiro atoms. The number of hydrogen-bond acceptors (Lipinski definition) is 1. The number of amides is 1. The fourth-order valence-electron chi connectivity index (χ4n) is 1.42. The van der Waals surface area contributed by atoms with Gasteiger partial charge in [0.25, 0.3) is 5.91 Å². The second-order valence-corrected chi connectivity index (χ2v) is 5.85. The van der Waals surface area contributed by atoms with Crippen molar-refractivity contribution in [3.05, 3.63) is 61.7 Å². The van der Waals surface area contributed by atoms with Gasteiger partial charge in [-0.1, -0.05) is 11.6 Å². The van der Waals surface area contributed by atoms with Crippen molar-refractivity contribution >= 4 is 55.1 Å². The molecule has 6 heteroatoms. The number of rotatable bonds is 2. The van der Waals surface area contributed by atoms with Crippen LogP contribution in [0.15, 0.2) is 45.3 Å². The Labute approximate surface area is 131 Å². The molecular weight excluding hydrogens is 400 g/mol. The molecule has 2 aromatic rings. The topological polar surface area (TPSA) is 29.1 Å². The van der Waals surface area contributed by atoms with Gasteiger partial charge in [0.15, 0.2) is 0 Å². The van der Waals surface area contributed by atoms with Crippen LogP contribution in [0.4, 0.5) is 10.1 Å². The van der Waals surface area contributed by atoms with Gasteiger partial charge < -0.3 is 5.32 Å². The van der Waals surface area contributed by atoms with Gasteiger partial charge in [-0.2, -0.15) is 0 Å². The highest BCUT2D eigenvalue weighted by molar-refractivity contribution is 9.10. The largest absolute Gasteiger partial charge is 0.321 e. The molecule has 0 radical (unpaired) electrons. The summed E-state index contributed by atoms with van der Waals surface area (Å²) in [7, 11) is 0. The first-order valence-corrected chi connectivity index (χ1v) is 7.15. The minimum Gasteiger partial charge on any atom is -0.321 e. The Balaban J connectivity index is 2.23. The maximum absolute atomic E-state index is 13.1. The molecule has 1 N–H and O–H groups in total. The normalized spacial score (nSPS) is 10.3. The van der Waals surface area contributed by atoms with E-state index in [1.807, 2.05) is 0 Å². The number of nitrogens with one attached hydrogen (secondary N) is 1. The van der Waals surface area contributed by atoms with Gasteiger partial charge in [-0.3, -0.25) is 4.79 Å². The maximum Gasteiger partial charge on any atom is 0.255 e. The van der Waals surface area contributed by atoms with Crippen molar-refractivity contribution in [3.63, 3.8) is 0 Å². The molecule has 0 aliphatic heterocycles. The van der Waals surface area contributed by atoms with E-state index in [0.29, 0.717) is 20.7 Å². The number of benzene rings is 2. The van der Waals surface area contributed by atoms with Gasteiger partial charge in [-0.15, -0.1) is 0 Å². The molecule has 0 fully saturated rings. The first-order valence-electron chi connectivity index (χ1n) is 5.19. The molecule has 1 amide bonds. The summed E-state index contributed by atoms with van der Waals surface area (Å²) in [5.74, 6) is -0.743. The molecule has 19 heavy (non-hydrogen) atoms. The summed E-state index contributed by atoms with van der Waals surface area (Å²) in [4.78, 5) is 12.0. The summed E-state index contributed by atoms with van der Waals surface area (Å²) in [5, 5.41) is 3.28. The highest BCUT2D eigenvalue weighted by Gasteiger charge is 2.10. The maximum atomic E-state index is 13.1. The van der Waals surface area contributed by atoms with Gasteiger partial charge in [-0.05, 0) is 68.3 Å². The second-order valence-electron chi connectivity index (χ2n) is 3.71. The van der Waals surface area contributed by atoms with Gasteiger partial charge in [-0.25, -0.2) is 4.39 Å². The standard InChI is InChI=1S/C13H7Br2ClFNO/c14-9-5-7(1-3-11(9)17)13(19)18-12-4-2-8(16)6-10(12)15/h1-6H,(H,18,19). The molecule has 0 aromatic heterocycles. The van der Waals surface area contributed by atoms with Crippen LogP contribution in [0.2, 0.25) is 5.02 Å². The summed E-state index contributed by atoms with van der Waals surface area (Å²) in [6.07, 6.45) is 0. The molecule has 2 aromatic carbocycles. The zero-order valence-corrected chi connectivity index (χ0v) is 13.3. The molecule has 2 nitrogen and oxygen atoms in total. The first-order chi connectivity index (χ1) is 8.97. The van der Waals surface area contributed by atoms with Gasteiger partial charge in [0.05, 0.1) is 10.2 Å². The van der Waals surface area contributed by atoms with Crippen LogP contribution in [0.1, 0.15) is 10.4 Å². The highest BCUT2D eigenvalue weighted by atomic mass is 79.9. The average Bonchev–Trinajstić information content (AvgIpc) is 2.36.